The molecule has 1 unspecified atom stereocenters. The van der Waals surface area contributed by atoms with E-state index in [-0.39, 0.29) is 10.7 Å². The predicted octanol–water partition coefficient (Wildman–Crippen LogP) is 3.03. The van der Waals surface area contributed by atoms with Gasteiger partial charge in [-0.1, -0.05) is 11.6 Å². The van der Waals surface area contributed by atoms with Gasteiger partial charge in [0, 0.05) is 6.20 Å². The number of carbonyl (C=O) groups excluding carboxylic acids is 1. The molecule has 0 saturated heterocycles. The van der Waals surface area contributed by atoms with Crippen molar-refractivity contribution < 1.29 is 22.7 Å². The molecule has 7 heteroatoms. The van der Waals surface area contributed by atoms with Gasteiger partial charge in [0.1, 0.15) is 0 Å². The van der Waals surface area contributed by atoms with Crippen LogP contribution in [0.1, 0.15) is 24.1 Å². The van der Waals surface area contributed by atoms with Crippen LogP contribution in [0.25, 0.3) is 0 Å². The molecular formula is C10H9ClF3NO2. The van der Waals surface area contributed by atoms with Crippen LogP contribution < -0.4 is 0 Å². The first-order valence-electron chi connectivity index (χ1n) is 4.57. The van der Waals surface area contributed by atoms with Gasteiger partial charge in [0.2, 0.25) is 0 Å². The zero-order valence-electron chi connectivity index (χ0n) is 9.01. The van der Waals surface area contributed by atoms with E-state index in [1.807, 2.05) is 0 Å². The summed E-state index contributed by atoms with van der Waals surface area (Å²) in [5.74, 6) is -1.42. The van der Waals surface area contributed by atoms with Gasteiger partial charge in [-0.05, 0) is 13.0 Å². The minimum atomic E-state index is -4.51. The second-order valence-corrected chi connectivity index (χ2v) is 3.74. The fraction of sp³-hybridized carbons (Fsp3) is 0.400. The number of aromatic nitrogens is 1. The molecule has 1 aromatic heterocycles. The van der Waals surface area contributed by atoms with E-state index in [4.69, 9.17) is 11.6 Å². The summed E-state index contributed by atoms with van der Waals surface area (Å²) in [6.07, 6.45) is -3.87. The number of nitrogens with zero attached hydrogens (tertiary/aromatic N) is 1. The summed E-state index contributed by atoms with van der Waals surface area (Å²) in [5, 5.41) is -0.210. The molecule has 0 aliphatic rings. The maximum absolute atomic E-state index is 12.3. The number of pyridine rings is 1. The molecule has 0 radical (unpaired) electrons. The number of hydrogen-bond acceptors (Lipinski definition) is 3. The maximum Gasteiger partial charge on any atom is 0.417 e. The minimum Gasteiger partial charge on any atom is -0.469 e. The van der Waals surface area contributed by atoms with Crippen molar-refractivity contribution in [2.45, 2.75) is 19.0 Å². The Kier molecular flexibility index (Phi) is 3.98. The summed E-state index contributed by atoms with van der Waals surface area (Å²) in [5.41, 5.74) is -0.894. The van der Waals surface area contributed by atoms with Gasteiger partial charge in [-0.2, -0.15) is 13.2 Å². The molecule has 0 aliphatic carbocycles. The Morgan fingerprint density at radius 2 is 2.12 bits per heavy atom. The van der Waals surface area contributed by atoms with E-state index >= 15 is 0 Å². The Balaban J connectivity index is 3.10. The first-order valence-corrected chi connectivity index (χ1v) is 4.95. The molecule has 0 aromatic carbocycles. The lowest BCUT2D eigenvalue weighted by atomic mass is 10.1. The predicted molar refractivity (Wildman–Crippen MR) is 54.7 cm³/mol. The number of alkyl halides is 3. The largest absolute Gasteiger partial charge is 0.469 e. The van der Waals surface area contributed by atoms with Gasteiger partial charge in [-0.3, -0.25) is 9.78 Å². The average Bonchev–Trinajstić information content (AvgIpc) is 2.25. The van der Waals surface area contributed by atoms with Crippen LogP contribution in [0.4, 0.5) is 13.2 Å². The monoisotopic (exact) mass is 267 g/mol. The van der Waals surface area contributed by atoms with E-state index in [2.05, 4.69) is 9.72 Å². The van der Waals surface area contributed by atoms with Crippen LogP contribution in [0.15, 0.2) is 12.3 Å². The van der Waals surface area contributed by atoms with Gasteiger partial charge >= 0.3 is 12.1 Å². The normalized spacial score (nSPS) is 13.3. The lowest BCUT2D eigenvalue weighted by Crippen LogP contribution is -2.14. The quantitative estimate of drug-likeness (QED) is 0.773. The molecular weight excluding hydrogens is 259 g/mol. The maximum atomic E-state index is 12.3. The molecule has 1 aromatic rings. The van der Waals surface area contributed by atoms with Crippen LogP contribution in [-0.2, 0) is 15.7 Å². The van der Waals surface area contributed by atoms with E-state index in [9.17, 15) is 18.0 Å². The Bertz CT molecular complexity index is 434. The van der Waals surface area contributed by atoms with Crippen LogP contribution in [0, 0.1) is 0 Å². The van der Waals surface area contributed by atoms with Gasteiger partial charge in [-0.25, -0.2) is 0 Å². The highest BCUT2D eigenvalue weighted by Crippen LogP contribution is 2.32. The van der Waals surface area contributed by atoms with Gasteiger partial charge in [0.15, 0.2) is 0 Å². The molecule has 3 nitrogen and oxygen atoms in total. The van der Waals surface area contributed by atoms with Crippen LogP contribution in [0.2, 0.25) is 5.02 Å². The Morgan fingerprint density at radius 1 is 1.53 bits per heavy atom. The molecule has 1 rings (SSSR count). The summed E-state index contributed by atoms with van der Waals surface area (Å²) < 4.78 is 41.5. The van der Waals surface area contributed by atoms with Crippen molar-refractivity contribution in [3.63, 3.8) is 0 Å². The smallest absolute Gasteiger partial charge is 0.417 e. The fourth-order valence-corrected chi connectivity index (χ4v) is 1.54. The molecule has 0 aliphatic heterocycles. The van der Waals surface area contributed by atoms with Crippen molar-refractivity contribution in [1.82, 2.24) is 4.98 Å². The minimum absolute atomic E-state index is 0.0616. The molecule has 0 amide bonds. The van der Waals surface area contributed by atoms with Crippen LogP contribution >= 0.6 is 11.6 Å². The van der Waals surface area contributed by atoms with Crippen molar-refractivity contribution in [3.05, 3.63) is 28.5 Å². The van der Waals surface area contributed by atoms with E-state index in [0.717, 1.165) is 6.07 Å². The van der Waals surface area contributed by atoms with E-state index < -0.39 is 23.6 Å². The molecule has 17 heavy (non-hydrogen) atoms. The van der Waals surface area contributed by atoms with E-state index in [1.54, 1.807) is 0 Å². The van der Waals surface area contributed by atoms with Crippen LogP contribution in [-0.4, -0.2) is 18.1 Å². The molecule has 0 saturated carbocycles. The molecule has 0 bridgehead atoms. The summed E-state index contributed by atoms with van der Waals surface area (Å²) in [4.78, 5) is 14.8. The van der Waals surface area contributed by atoms with Crippen molar-refractivity contribution in [2.24, 2.45) is 0 Å². The summed E-state index contributed by atoms with van der Waals surface area (Å²) in [6, 6.07) is 0.739. The van der Waals surface area contributed by atoms with Gasteiger partial charge in [0.05, 0.1) is 29.3 Å². The van der Waals surface area contributed by atoms with Crippen molar-refractivity contribution >= 4 is 17.6 Å². The number of halogens is 4. The number of ether oxygens (including phenoxy) is 1. The highest BCUT2D eigenvalue weighted by molar-refractivity contribution is 6.31. The van der Waals surface area contributed by atoms with Crippen molar-refractivity contribution in [2.75, 3.05) is 7.11 Å². The molecule has 1 atom stereocenters. The van der Waals surface area contributed by atoms with Gasteiger partial charge < -0.3 is 4.74 Å². The molecule has 94 valence electrons. The number of methoxy groups -OCH3 is 1. The van der Waals surface area contributed by atoms with E-state index in [1.165, 1.54) is 14.0 Å². The van der Waals surface area contributed by atoms with Crippen LogP contribution in [0.3, 0.4) is 0 Å². The standard InChI is InChI=1S/C10H9ClF3NO2/c1-5(9(16)17-2)8-7(11)3-6(4-15-8)10(12,13)14/h3-5H,1-2H3. The first kappa shape index (κ1) is 13.8. The van der Waals surface area contributed by atoms with Gasteiger partial charge in [0.25, 0.3) is 0 Å². The van der Waals surface area contributed by atoms with Gasteiger partial charge in [-0.15, -0.1) is 0 Å². The third kappa shape index (κ3) is 3.09. The number of rotatable bonds is 2. The zero-order chi connectivity index (χ0) is 13.2. The third-order valence-electron chi connectivity index (χ3n) is 2.16. The van der Waals surface area contributed by atoms with Crippen LogP contribution in [0.5, 0.6) is 0 Å². The third-order valence-corrected chi connectivity index (χ3v) is 2.46. The fourth-order valence-electron chi connectivity index (χ4n) is 1.21. The number of carbonyl (C=O) groups is 1. The lowest BCUT2D eigenvalue weighted by molar-refractivity contribution is -0.142. The molecule has 0 spiro atoms. The Morgan fingerprint density at radius 3 is 2.53 bits per heavy atom. The highest BCUT2D eigenvalue weighted by Gasteiger charge is 2.32. The molecule has 1 heterocycles. The first-order chi connectivity index (χ1) is 7.77. The topological polar surface area (TPSA) is 39.2 Å². The second-order valence-electron chi connectivity index (χ2n) is 3.33. The summed E-state index contributed by atoms with van der Waals surface area (Å²) >= 11 is 5.66. The lowest BCUT2D eigenvalue weighted by Gasteiger charge is -2.12. The number of hydrogen-bond donors (Lipinski definition) is 0. The highest BCUT2D eigenvalue weighted by atomic mass is 35.5. The summed E-state index contributed by atoms with van der Waals surface area (Å²) in [6.45, 7) is 1.45. The summed E-state index contributed by atoms with van der Waals surface area (Å²) in [7, 11) is 1.18. The Hall–Kier alpha value is -1.30. The van der Waals surface area contributed by atoms with E-state index in [0.29, 0.717) is 6.20 Å². The zero-order valence-corrected chi connectivity index (χ0v) is 9.76. The Labute approximate surface area is 101 Å². The second kappa shape index (κ2) is 4.91. The molecule has 0 N–H and O–H groups in total. The van der Waals surface area contributed by atoms with Crippen molar-refractivity contribution in [1.29, 1.82) is 0 Å². The SMILES string of the molecule is COC(=O)C(C)c1ncc(C(F)(F)F)cc1Cl. The average molecular weight is 268 g/mol. The number of esters is 1. The molecule has 0 fully saturated rings. The van der Waals surface area contributed by atoms with Crippen molar-refractivity contribution in [3.8, 4) is 0 Å².